The van der Waals surface area contributed by atoms with Crippen LogP contribution >= 0.6 is 0 Å². The lowest BCUT2D eigenvalue weighted by Crippen LogP contribution is -2.35. The normalized spacial score (nSPS) is 12.1. The molecule has 2 aromatic heterocycles. The fourth-order valence-electron chi connectivity index (χ4n) is 2.21. The van der Waals surface area contributed by atoms with E-state index in [0.717, 1.165) is 0 Å². The molecule has 0 saturated carbocycles. The van der Waals surface area contributed by atoms with Crippen LogP contribution in [-0.4, -0.2) is 35.2 Å². The Morgan fingerprint density at radius 1 is 1.35 bits per heavy atom. The highest BCUT2D eigenvalue weighted by atomic mass is 19.4. The summed E-state index contributed by atoms with van der Waals surface area (Å²) in [5.41, 5.74) is 6.91. The van der Waals surface area contributed by atoms with Crippen LogP contribution in [0.25, 0.3) is 5.65 Å². The number of hydrogen-bond acceptors (Lipinski definition) is 3. The third-order valence-corrected chi connectivity index (χ3v) is 3.04. The van der Waals surface area contributed by atoms with Gasteiger partial charge < -0.3 is 15.0 Å². The highest BCUT2D eigenvalue weighted by Gasteiger charge is 2.32. The van der Waals surface area contributed by atoms with Crippen molar-refractivity contribution >= 4 is 11.5 Å². The van der Waals surface area contributed by atoms with E-state index in [0.29, 0.717) is 30.1 Å². The first kappa shape index (κ1) is 14.6. The van der Waals surface area contributed by atoms with E-state index in [1.807, 2.05) is 6.07 Å². The van der Waals surface area contributed by atoms with Crippen molar-refractivity contribution in [1.82, 2.24) is 9.38 Å². The molecule has 0 spiro atoms. The molecule has 2 rings (SSSR count). The first-order chi connectivity index (χ1) is 9.46. The summed E-state index contributed by atoms with van der Waals surface area (Å²) in [5.74, 6) is 0.362. The van der Waals surface area contributed by atoms with Crippen molar-refractivity contribution < 1.29 is 13.2 Å². The van der Waals surface area contributed by atoms with Crippen LogP contribution in [0, 0.1) is 0 Å². The summed E-state index contributed by atoms with van der Waals surface area (Å²) in [7, 11) is 0. The fraction of sp³-hybridized carbons (Fsp3) is 0.462. The number of anilines is 1. The minimum absolute atomic E-state index is 0.237. The van der Waals surface area contributed by atoms with Crippen molar-refractivity contribution in [3.63, 3.8) is 0 Å². The van der Waals surface area contributed by atoms with E-state index in [-0.39, 0.29) is 6.54 Å². The summed E-state index contributed by atoms with van der Waals surface area (Å²) in [4.78, 5) is 5.55. The van der Waals surface area contributed by atoms with Crippen LogP contribution in [0.3, 0.4) is 0 Å². The molecule has 0 aliphatic carbocycles. The largest absolute Gasteiger partial charge is 0.405 e. The molecule has 20 heavy (non-hydrogen) atoms. The number of halogens is 3. The number of imidazole rings is 1. The zero-order valence-corrected chi connectivity index (χ0v) is 11.2. The predicted molar refractivity (Wildman–Crippen MR) is 71.9 cm³/mol. The molecule has 2 aromatic rings. The molecule has 0 aromatic carbocycles. The first-order valence-electron chi connectivity index (χ1n) is 6.44. The Morgan fingerprint density at radius 2 is 2.10 bits per heavy atom. The smallest absolute Gasteiger partial charge is 0.346 e. The molecule has 0 radical (unpaired) electrons. The number of hydrogen-bond donors (Lipinski definition) is 1. The van der Waals surface area contributed by atoms with Crippen LogP contribution < -0.4 is 10.6 Å². The van der Waals surface area contributed by atoms with Crippen molar-refractivity contribution in [2.24, 2.45) is 5.73 Å². The van der Waals surface area contributed by atoms with Gasteiger partial charge in [-0.1, -0.05) is 6.07 Å². The van der Waals surface area contributed by atoms with Crippen LogP contribution in [0.4, 0.5) is 19.0 Å². The summed E-state index contributed by atoms with van der Waals surface area (Å²) in [6.45, 7) is 1.27. The quantitative estimate of drug-likeness (QED) is 0.917. The number of nitrogens with zero attached hydrogens (tertiary/aromatic N) is 3. The lowest BCUT2D eigenvalue weighted by Gasteiger charge is -2.23. The Bertz CT molecular complexity index is 576. The van der Waals surface area contributed by atoms with E-state index < -0.39 is 12.7 Å². The van der Waals surface area contributed by atoms with Crippen molar-refractivity contribution in [2.75, 3.05) is 24.5 Å². The van der Waals surface area contributed by atoms with Gasteiger partial charge in [-0.05, 0) is 25.6 Å². The van der Waals surface area contributed by atoms with Gasteiger partial charge in [-0.25, -0.2) is 4.98 Å². The molecule has 0 unspecified atom stereocenters. The number of fused-ring (bicyclic) bond motifs is 1. The molecule has 0 bridgehead atoms. The van der Waals surface area contributed by atoms with E-state index in [1.165, 1.54) is 4.90 Å². The van der Waals surface area contributed by atoms with E-state index in [4.69, 9.17) is 5.73 Å². The van der Waals surface area contributed by atoms with E-state index in [2.05, 4.69) is 4.98 Å². The molecular formula is C13H17F3N4. The second kappa shape index (κ2) is 5.70. The molecule has 0 fully saturated rings. The summed E-state index contributed by atoms with van der Waals surface area (Å²) < 4.78 is 39.7. The van der Waals surface area contributed by atoms with Gasteiger partial charge in [0.2, 0.25) is 0 Å². The van der Waals surface area contributed by atoms with Crippen molar-refractivity contribution in [1.29, 1.82) is 0 Å². The van der Waals surface area contributed by atoms with Crippen LogP contribution in [-0.2, 0) is 6.42 Å². The molecule has 2 N–H and O–H groups in total. The standard InChI is InChI=1S/C13H17F3N4/c1-2-19(9-13(14,15)16)12-10(6-7-17)20-8-4-3-5-11(20)18-12/h3-5,8H,2,6-7,9,17H2,1H3. The third kappa shape index (κ3) is 3.04. The number of alkyl halides is 3. The Kier molecular flexibility index (Phi) is 4.17. The molecular weight excluding hydrogens is 269 g/mol. The lowest BCUT2D eigenvalue weighted by atomic mass is 10.3. The van der Waals surface area contributed by atoms with Gasteiger partial charge in [-0.15, -0.1) is 0 Å². The third-order valence-electron chi connectivity index (χ3n) is 3.04. The Labute approximate surface area is 115 Å². The highest BCUT2D eigenvalue weighted by Crippen LogP contribution is 2.26. The second-order valence-corrected chi connectivity index (χ2v) is 4.48. The van der Waals surface area contributed by atoms with E-state index in [9.17, 15) is 13.2 Å². The topological polar surface area (TPSA) is 46.6 Å². The van der Waals surface area contributed by atoms with Gasteiger partial charge in [0.15, 0.2) is 5.82 Å². The van der Waals surface area contributed by atoms with Gasteiger partial charge in [0.25, 0.3) is 0 Å². The summed E-state index contributed by atoms with van der Waals surface area (Å²) in [6, 6.07) is 5.39. The number of pyridine rings is 1. The summed E-state index contributed by atoms with van der Waals surface area (Å²) in [5, 5.41) is 0. The number of aromatic nitrogens is 2. The Hall–Kier alpha value is -1.76. The maximum Gasteiger partial charge on any atom is 0.405 e. The lowest BCUT2D eigenvalue weighted by molar-refractivity contribution is -0.119. The number of rotatable bonds is 5. The van der Waals surface area contributed by atoms with Gasteiger partial charge in [0.1, 0.15) is 12.2 Å². The highest BCUT2D eigenvalue weighted by molar-refractivity contribution is 5.56. The maximum atomic E-state index is 12.7. The minimum Gasteiger partial charge on any atom is -0.346 e. The molecule has 0 saturated heterocycles. The average Bonchev–Trinajstić information content (AvgIpc) is 2.75. The van der Waals surface area contributed by atoms with Crippen LogP contribution in [0.1, 0.15) is 12.6 Å². The molecule has 0 amide bonds. The van der Waals surface area contributed by atoms with E-state index in [1.54, 1.807) is 29.7 Å². The predicted octanol–water partition coefficient (Wildman–Crippen LogP) is 2.22. The van der Waals surface area contributed by atoms with Crippen LogP contribution in [0.2, 0.25) is 0 Å². The van der Waals surface area contributed by atoms with Gasteiger partial charge in [-0.3, -0.25) is 0 Å². The fourth-order valence-corrected chi connectivity index (χ4v) is 2.21. The zero-order chi connectivity index (χ0) is 14.8. The van der Waals surface area contributed by atoms with Gasteiger partial charge in [-0.2, -0.15) is 13.2 Å². The molecule has 4 nitrogen and oxygen atoms in total. The number of nitrogens with two attached hydrogens (primary N) is 1. The molecule has 0 aliphatic rings. The van der Waals surface area contributed by atoms with Crippen molar-refractivity contribution in [3.05, 3.63) is 30.1 Å². The van der Waals surface area contributed by atoms with Gasteiger partial charge >= 0.3 is 6.18 Å². The van der Waals surface area contributed by atoms with Crippen LogP contribution in [0.5, 0.6) is 0 Å². The van der Waals surface area contributed by atoms with Crippen LogP contribution in [0.15, 0.2) is 24.4 Å². The average molecular weight is 286 g/mol. The summed E-state index contributed by atoms with van der Waals surface area (Å²) in [6.07, 6.45) is -1.99. The van der Waals surface area contributed by atoms with Crippen molar-refractivity contribution in [3.8, 4) is 0 Å². The summed E-state index contributed by atoms with van der Waals surface area (Å²) >= 11 is 0. The SMILES string of the molecule is CCN(CC(F)(F)F)c1nc2ccccn2c1CCN. The van der Waals surface area contributed by atoms with Gasteiger partial charge in [0, 0.05) is 19.2 Å². The zero-order valence-electron chi connectivity index (χ0n) is 11.2. The molecule has 2 heterocycles. The Morgan fingerprint density at radius 3 is 2.70 bits per heavy atom. The molecule has 0 aliphatic heterocycles. The van der Waals surface area contributed by atoms with Gasteiger partial charge in [0.05, 0.1) is 5.69 Å². The molecule has 0 atom stereocenters. The maximum absolute atomic E-state index is 12.7. The minimum atomic E-state index is -4.26. The van der Waals surface area contributed by atoms with E-state index >= 15 is 0 Å². The molecule has 7 heteroatoms. The molecule has 110 valence electrons. The van der Waals surface area contributed by atoms with Crippen molar-refractivity contribution in [2.45, 2.75) is 19.5 Å². The monoisotopic (exact) mass is 286 g/mol. The Balaban J connectivity index is 2.48. The first-order valence-corrected chi connectivity index (χ1v) is 6.44. The second-order valence-electron chi connectivity index (χ2n) is 4.48.